The van der Waals surface area contributed by atoms with Gasteiger partial charge in [-0.05, 0) is 25.1 Å². The molecule has 2 heterocycles. The third-order valence-corrected chi connectivity index (χ3v) is 3.54. The van der Waals surface area contributed by atoms with Crippen LogP contribution in [-0.4, -0.2) is 36.9 Å². The average Bonchev–Trinajstić information content (AvgIpc) is 3.03. The topological polar surface area (TPSA) is 24.8 Å². The molecule has 2 bridgehead atoms. The summed E-state index contributed by atoms with van der Waals surface area (Å²) in [5.41, 5.74) is 1.52. The summed E-state index contributed by atoms with van der Waals surface area (Å²) < 4.78 is 13.3. The Hall–Kier alpha value is -1.86. The van der Waals surface area contributed by atoms with Gasteiger partial charge in [0.2, 0.25) is 0 Å². The van der Waals surface area contributed by atoms with E-state index in [2.05, 4.69) is 21.9 Å². The van der Waals surface area contributed by atoms with Crippen LogP contribution in [0.4, 0.5) is 4.39 Å². The highest BCUT2D eigenvalue weighted by molar-refractivity contribution is 5.91. The van der Waals surface area contributed by atoms with Gasteiger partial charge < -0.3 is 4.84 Å². The van der Waals surface area contributed by atoms with Gasteiger partial charge in [0, 0.05) is 19.0 Å². The molecule has 0 aromatic heterocycles. The molecule has 2 fully saturated rings. The molecule has 3 nitrogen and oxygen atoms in total. The molecule has 2 unspecified atom stereocenters. The van der Waals surface area contributed by atoms with E-state index in [4.69, 9.17) is 4.84 Å². The van der Waals surface area contributed by atoms with Crippen LogP contribution in [0.5, 0.6) is 0 Å². The second kappa shape index (κ2) is 5.41. The van der Waals surface area contributed by atoms with Crippen LogP contribution in [0.1, 0.15) is 12.0 Å². The van der Waals surface area contributed by atoms with Crippen LogP contribution < -0.4 is 0 Å². The number of hydrogen-bond acceptors (Lipinski definition) is 3. The monoisotopic (exact) mass is 258 g/mol. The maximum absolute atomic E-state index is 13.3. The summed E-state index contributed by atoms with van der Waals surface area (Å²) in [5, 5.41) is 4.14. The minimum absolute atomic E-state index is 0.199. The Morgan fingerprint density at radius 3 is 3.05 bits per heavy atom. The Labute approximate surface area is 112 Å². The van der Waals surface area contributed by atoms with Gasteiger partial charge in [-0.2, -0.15) is 0 Å². The van der Waals surface area contributed by atoms with Crippen molar-refractivity contribution in [1.29, 1.82) is 0 Å². The van der Waals surface area contributed by atoms with Crippen LogP contribution in [0.15, 0.2) is 29.4 Å². The van der Waals surface area contributed by atoms with Crippen molar-refractivity contribution >= 4 is 5.71 Å². The summed E-state index contributed by atoms with van der Waals surface area (Å²) in [6.07, 6.45) is 1.18. The van der Waals surface area contributed by atoms with Crippen molar-refractivity contribution in [2.24, 2.45) is 11.1 Å². The third kappa shape index (κ3) is 2.77. The van der Waals surface area contributed by atoms with Crippen LogP contribution in [0.3, 0.4) is 0 Å². The van der Waals surface area contributed by atoms with Crippen LogP contribution in [0, 0.1) is 23.6 Å². The number of piperidine rings is 1. The second-order valence-corrected chi connectivity index (χ2v) is 4.86. The molecule has 0 saturated carbocycles. The average molecular weight is 258 g/mol. The molecule has 0 N–H and O–H groups in total. The molecule has 0 spiro atoms. The summed E-state index contributed by atoms with van der Waals surface area (Å²) >= 11 is 0. The van der Waals surface area contributed by atoms with E-state index >= 15 is 0 Å². The van der Waals surface area contributed by atoms with Gasteiger partial charge in [-0.3, -0.25) is 4.90 Å². The molecule has 98 valence electrons. The number of oxime groups is 1. The van der Waals surface area contributed by atoms with Crippen molar-refractivity contribution < 1.29 is 9.23 Å². The smallest absolute Gasteiger partial charge is 0.177 e. The first kappa shape index (κ1) is 12.2. The van der Waals surface area contributed by atoms with Crippen molar-refractivity contribution in [2.45, 2.75) is 6.42 Å². The summed E-state index contributed by atoms with van der Waals surface area (Å²) in [4.78, 5) is 7.57. The van der Waals surface area contributed by atoms with Gasteiger partial charge in [-0.15, -0.1) is 0 Å². The number of benzene rings is 1. The van der Waals surface area contributed by atoms with Crippen molar-refractivity contribution in [1.82, 2.24) is 4.90 Å². The van der Waals surface area contributed by atoms with Gasteiger partial charge in [-0.25, -0.2) is 4.39 Å². The first-order valence-electron chi connectivity index (χ1n) is 6.47. The highest BCUT2D eigenvalue weighted by Crippen LogP contribution is 2.25. The first-order valence-corrected chi connectivity index (χ1v) is 6.47. The third-order valence-electron chi connectivity index (χ3n) is 3.54. The Morgan fingerprint density at radius 1 is 1.42 bits per heavy atom. The summed E-state index contributed by atoms with van der Waals surface area (Å²) in [7, 11) is 0. The maximum Gasteiger partial charge on any atom is 0.177 e. The molecule has 1 aromatic carbocycles. The normalized spacial score (nSPS) is 26.3. The van der Waals surface area contributed by atoms with E-state index in [1.165, 1.54) is 19.0 Å². The van der Waals surface area contributed by atoms with E-state index in [0.29, 0.717) is 11.5 Å². The van der Waals surface area contributed by atoms with Crippen molar-refractivity contribution in [2.75, 3.05) is 26.2 Å². The second-order valence-electron chi connectivity index (χ2n) is 4.86. The maximum atomic E-state index is 13.3. The van der Waals surface area contributed by atoms with Crippen molar-refractivity contribution in [3.8, 4) is 11.8 Å². The van der Waals surface area contributed by atoms with E-state index in [9.17, 15) is 4.39 Å². The van der Waals surface area contributed by atoms with Crippen molar-refractivity contribution in [3.05, 3.63) is 35.6 Å². The number of rotatable bonds is 2. The van der Waals surface area contributed by atoms with E-state index < -0.39 is 0 Å². The molecule has 0 amide bonds. The van der Waals surface area contributed by atoms with Crippen LogP contribution in [0.2, 0.25) is 0 Å². The Balaban J connectivity index is 1.52. The molecule has 0 radical (unpaired) electrons. The Morgan fingerprint density at radius 2 is 2.32 bits per heavy atom. The zero-order chi connectivity index (χ0) is 13.1. The minimum Gasteiger partial charge on any atom is -0.383 e. The lowest BCUT2D eigenvalue weighted by molar-refractivity contribution is 0.177. The highest BCUT2D eigenvalue weighted by atomic mass is 19.1. The lowest BCUT2D eigenvalue weighted by Gasteiger charge is -2.12. The molecule has 19 heavy (non-hydrogen) atoms. The molecular formula is C15H15FN2O. The molecule has 0 aliphatic carbocycles. The fraction of sp³-hybridized carbons (Fsp3) is 0.400. The van der Waals surface area contributed by atoms with Gasteiger partial charge in [0.1, 0.15) is 5.82 Å². The van der Waals surface area contributed by atoms with Gasteiger partial charge in [0.15, 0.2) is 6.61 Å². The van der Waals surface area contributed by atoms with Gasteiger partial charge in [0.05, 0.1) is 11.3 Å². The lowest BCUT2D eigenvalue weighted by Crippen LogP contribution is -2.23. The molecular weight excluding hydrogens is 243 g/mol. The zero-order valence-corrected chi connectivity index (χ0v) is 10.6. The van der Waals surface area contributed by atoms with Gasteiger partial charge >= 0.3 is 0 Å². The summed E-state index contributed by atoms with van der Waals surface area (Å²) in [6, 6.07) is 6.46. The molecule has 2 aliphatic rings. The Kier molecular flexibility index (Phi) is 3.47. The van der Waals surface area contributed by atoms with E-state index in [0.717, 1.165) is 18.8 Å². The molecule has 4 heteroatoms. The minimum atomic E-state index is -0.304. The lowest BCUT2D eigenvalue weighted by atomic mass is 10.0. The van der Waals surface area contributed by atoms with Gasteiger partial charge in [0.25, 0.3) is 0 Å². The molecule has 2 saturated heterocycles. The van der Waals surface area contributed by atoms with Crippen LogP contribution in [-0.2, 0) is 4.84 Å². The van der Waals surface area contributed by atoms with E-state index in [1.54, 1.807) is 18.2 Å². The molecule has 2 atom stereocenters. The standard InChI is InChI=1S/C15H15FN2O/c16-14-6-2-1-4-12(14)5-3-9-19-17-15-11-18-8-7-13(15)10-18/h1-2,4,6,13H,7-11H2/b17-15+. The predicted molar refractivity (Wildman–Crippen MR) is 71.2 cm³/mol. The van der Waals surface area contributed by atoms with Crippen LogP contribution >= 0.6 is 0 Å². The molecule has 2 aliphatic heterocycles. The van der Waals surface area contributed by atoms with Gasteiger partial charge in [-0.1, -0.05) is 29.1 Å². The quantitative estimate of drug-likeness (QED) is 0.460. The predicted octanol–water partition coefficient (Wildman–Crippen LogP) is 1.89. The number of hydrogen-bond donors (Lipinski definition) is 0. The van der Waals surface area contributed by atoms with Crippen molar-refractivity contribution in [3.63, 3.8) is 0 Å². The SMILES string of the molecule is Fc1ccccc1C#CCO/N=C1\CN2CCC1C2. The van der Waals surface area contributed by atoms with E-state index in [-0.39, 0.29) is 12.4 Å². The number of nitrogens with zero attached hydrogens (tertiary/aromatic N) is 2. The highest BCUT2D eigenvalue weighted by Gasteiger charge is 2.35. The largest absolute Gasteiger partial charge is 0.383 e. The molecule has 1 aromatic rings. The number of halogens is 1. The number of fused-ring (bicyclic) bond motifs is 2. The Bertz CT molecular complexity index is 559. The first-order chi connectivity index (χ1) is 9.33. The van der Waals surface area contributed by atoms with Crippen LogP contribution in [0.25, 0.3) is 0 Å². The van der Waals surface area contributed by atoms with E-state index in [1.807, 2.05) is 0 Å². The summed E-state index contributed by atoms with van der Waals surface area (Å²) in [6.45, 7) is 3.41. The fourth-order valence-corrected chi connectivity index (χ4v) is 2.55. The zero-order valence-electron chi connectivity index (χ0n) is 10.6. The fourth-order valence-electron chi connectivity index (χ4n) is 2.55. The molecule has 3 rings (SSSR count). The summed E-state index contributed by atoms with van der Waals surface area (Å²) in [5.74, 6) is 5.79.